The molecule has 110 valence electrons. The molecule has 0 aliphatic carbocycles. The molecule has 0 unspecified atom stereocenters. The Morgan fingerprint density at radius 3 is 2.48 bits per heavy atom. The molecule has 0 bridgehead atoms. The number of aromatic nitrogens is 2. The van der Waals surface area contributed by atoms with Crippen molar-refractivity contribution in [3.63, 3.8) is 0 Å². The van der Waals surface area contributed by atoms with Crippen LogP contribution in [0.25, 0.3) is 0 Å². The van der Waals surface area contributed by atoms with E-state index < -0.39 is 11.6 Å². The first kappa shape index (κ1) is 14.8. The van der Waals surface area contributed by atoms with Crippen molar-refractivity contribution in [2.24, 2.45) is 0 Å². The molecule has 2 N–H and O–H groups in total. The van der Waals surface area contributed by atoms with Crippen LogP contribution in [0.4, 0.5) is 5.82 Å². The van der Waals surface area contributed by atoms with Crippen molar-refractivity contribution in [3.05, 3.63) is 47.7 Å². The van der Waals surface area contributed by atoms with Crippen LogP contribution in [0.1, 0.15) is 41.6 Å². The fourth-order valence-electron chi connectivity index (χ4n) is 1.60. The molecule has 0 aliphatic heterocycles. The number of aromatic amines is 1. The van der Waals surface area contributed by atoms with Gasteiger partial charge in [-0.15, -0.1) is 0 Å². The summed E-state index contributed by atoms with van der Waals surface area (Å²) >= 11 is 0. The summed E-state index contributed by atoms with van der Waals surface area (Å²) in [6.45, 7) is 5.33. The summed E-state index contributed by atoms with van der Waals surface area (Å²) in [7, 11) is 0. The van der Waals surface area contributed by atoms with E-state index in [1.165, 1.54) is 6.07 Å². The second-order valence-corrected chi connectivity index (χ2v) is 5.49. The van der Waals surface area contributed by atoms with Crippen LogP contribution in [-0.2, 0) is 4.74 Å². The number of hydrogen-bond donors (Lipinski definition) is 2. The first-order chi connectivity index (χ1) is 9.85. The van der Waals surface area contributed by atoms with Gasteiger partial charge in [0.15, 0.2) is 5.82 Å². The zero-order valence-corrected chi connectivity index (χ0v) is 12.1. The molecule has 0 saturated heterocycles. The zero-order valence-electron chi connectivity index (χ0n) is 12.1. The van der Waals surface area contributed by atoms with Gasteiger partial charge in [0.25, 0.3) is 5.91 Å². The van der Waals surface area contributed by atoms with E-state index in [-0.39, 0.29) is 17.4 Å². The molecule has 0 saturated carbocycles. The Kier molecular flexibility index (Phi) is 4.07. The summed E-state index contributed by atoms with van der Waals surface area (Å²) in [4.78, 5) is 23.8. The van der Waals surface area contributed by atoms with E-state index in [1.54, 1.807) is 45.0 Å². The van der Waals surface area contributed by atoms with Crippen molar-refractivity contribution in [3.8, 4) is 0 Å². The number of anilines is 1. The van der Waals surface area contributed by atoms with Gasteiger partial charge in [-0.3, -0.25) is 9.89 Å². The van der Waals surface area contributed by atoms with Crippen molar-refractivity contribution >= 4 is 17.7 Å². The number of hydrogen-bond acceptors (Lipinski definition) is 4. The average Bonchev–Trinajstić information content (AvgIpc) is 2.86. The van der Waals surface area contributed by atoms with Crippen LogP contribution >= 0.6 is 0 Å². The molecule has 1 amide bonds. The minimum atomic E-state index is -0.588. The van der Waals surface area contributed by atoms with E-state index in [0.717, 1.165) is 0 Å². The van der Waals surface area contributed by atoms with Gasteiger partial charge in [0, 0.05) is 11.6 Å². The van der Waals surface area contributed by atoms with E-state index in [9.17, 15) is 9.59 Å². The second-order valence-electron chi connectivity index (χ2n) is 5.49. The smallest absolute Gasteiger partial charge is 0.356 e. The highest BCUT2D eigenvalue weighted by Gasteiger charge is 2.20. The molecular weight excluding hydrogens is 270 g/mol. The fraction of sp³-hybridized carbons (Fsp3) is 0.267. The normalized spacial score (nSPS) is 11.0. The number of nitrogens with one attached hydrogen (secondary N) is 2. The topological polar surface area (TPSA) is 84.1 Å². The fourth-order valence-corrected chi connectivity index (χ4v) is 1.60. The highest BCUT2D eigenvalue weighted by atomic mass is 16.6. The largest absolute Gasteiger partial charge is 0.455 e. The molecule has 0 atom stereocenters. The van der Waals surface area contributed by atoms with Crippen molar-refractivity contribution in [2.45, 2.75) is 26.4 Å². The lowest BCUT2D eigenvalue weighted by atomic mass is 10.2. The third-order valence-electron chi connectivity index (χ3n) is 2.47. The molecule has 6 nitrogen and oxygen atoms in total. The molecule has 2 aromatic rings. The monoisotopic (exact) mass is 287 g/mol. The number of amides is 1. The summed E-state index contributed by atoms with van der Waals surface area (Å²) in [6, 6.07) is 10.2. The van der Waals surface area contributed by atoms with E-state index >= 15 is 0 Å². The number of carbonyl (C=O) groups excluding carboxylic acids is 2. The molecule has 1 heterocycles. The SMILES string of the molecule is CC(C)(C)OC(=O)c1cc(NC(=O)c2ccccc2)n[nH]1. The van der Waals surface area contributed by atoms with Crippen LogP contribution < -0.4 is 5.32 Å². The molecule has 0 spiro atoms. The number of nitrogens with zero attached hydrogens (tertiary/aromatic N) is 1. The highest BCUT2D eigenvalue weighted by Crippen LogP contribution is 2.13. The standard InChI is InChI=1S/C15H17N3O3/c1-15(2,3)21-14(20)11-9-12(18-17-11)16-13(19)10-7-5-4-6-8-10/h4-9H,1-3H3,(H2,16,17,18,19). The first-order valence-electron chi connectivity index (χ1n) is 6.50. The molecule has 21 heavy (non-hydrogen) atoms. The van der Waals surface area contributed by atoms with Gasteiger partial charge in [-0.05, 0) is 32.9 Å². The zero-order chi connectivity index (χ0) is 15.5. The van der Waals surface area contributed by atoms with Gasteiger partial charge in [0.2, 0.25) is 0 Å². The molecule has 2 rings (SSSR count). The second kappa shape index (κ2) is 5.78. The molecule has 0 fully saturated rings. The minimum absolute atomic E-state index is 0.188. The van der Waals surface area contributed by atoms with Crippen LogP contribution in [0.3, 0.4) is 0 Å². The predicted octanol–water partition coefficient (Wildman–Crippen LogP) is 2.62. The third kappa shape index (κ3) is 4.17. The Bertz CT molecular complexity index is 642. The summed E-state index contributed by atoms with van der Waals surface area (Å²) in [5.41, 5.74) is 0.114. The Balaban J connectivity index is 2.04. The van der Waals surface area contributed by atoms with Gasteiger partial charge in [0.05, 0.1) is 0 Å². The number of esters is 1. The summed E-state index contributed by atoms with van der Waals surface area (Å²) in [6.07, 6.45) is 0. The summed E-state index contributed by atoms with van der Waals surface area (Å²) in [5, 5.41) is 9.03. The van der Waals surface area contributed by atoms with Crippen molar-refractivity contribution in [2.75, 3.05) is 5.32 Å². The highest BCUT2D eigenvalue weighted by molar-refractivity contribution is 6.04. The molecular formula is C15H17N3O3. The summed E-state index contributed by atoms with van der Waals surface area (Å²) < 4.78 is 5.20. The van der Waals surface area contributed by atoms with Gasteiger partial charge in [-0.1, -0.05) is 18.2 Å². The number of carbonyl (C=O) groups is 2. The molecule has 0 aliphatic rings. The lowest BCUT2D eigenvalue weighted by Gasteiger charge is -2.18. The van der Waals surface area contributed by atoms with E-state index in [1.807, 2.05) is 6.07 Å². The van der Waals surface area contributed by atoms with E-state index in [4.69, 9.17) is 4.74 Å². The Morgan fingerprint density at radius 2 is 1.86 bits per heavy atom. The maximum Gasteiger partial charge on any atom is 0.356 e. The van der Waals surface area contributed by atoms with Crippen LogP contribution in [0, 0.1) is 0 Å². The number of H-pyrrole nitrogens is 1. The van der Waals surface area contributed by atoms with Gasteiger partial charge in [-0.2, -0.15) is 5.10 Å². The van der Waals surface area contributed by atoms with Crippen molar-refractivity contribution in [1.29, 1.82) is 0 Å². The first-order valence-corrected chi connectivity index (χ1v) is 6.50. The summed E-state index contributed by atoms with van der Waals surface area (Å²) in [5.74, 6) is -0.544. The molecule has 1 aromatic heterocycles. The van der Waals surface area contributed by atoms with E-state index in [2.05, 4.69) is 15.5 Å². The van der Waals surface area contributed by atoms with Crippen molar-refractivity contribution < 1.29 is 14.3 Å². The van der Waals surface area contributed by atoms with Gasteiger partial charge >= 0.3 is 5.97 Å². The maximum atomic E-state index is 11.9. The Labute approximate surface area is 122 Å². The van der Waals surface area contributed by atoms with Crippen LogP contribution in [0.5, 0.6) is 0 Å². The lowest BCUT2D eigenvalue weighted by molar-refractivity contribution is 0.00627. The van der Waals surface area contributed by atoms with Crippen LogP contribution in [-0.4, -0.2) is 27.7 Å². The van der Waals surface area contributed by atoms with Gasteiger partial charge < -0.3 is 10.1 Å². The van der Waals surface area contributed by atoms with Crippen LogP contribution in [0.15, 0.2) is 36.4 Å². The number of ether oxygens (including phenoxy) is 1. The van der Waals surface area contributed by atoms with Gasteiger partial charge in [0.1, 0.15) is 11.3 Å². The Hall–Kier alpha value is -2.63. The average molecular weight is 287 g/mol. The molecule has 1 aromatic carbocycles. The van der Waals surface area contributed by atoms with Gasteiger partial charge in [-0.25, -0.2) is 4.79 Å². The lowest BCUT2D eigenvalue weighted by Crippen LogP contribution is -2.24. The van der Waals surface area contributed by atoms with E-state index in [0.29, 0.717) is 5.56 Å². The molecule has 0 radical (unpaired) electrons. The Morgan fingerprint density at radius 1 is 1.19 bits per heavy atom. The third-order valence-corrected chi connectivity index (χ3v) is 2.47. The van der Waals surface area contributed by atoms with Crippen LogP contribution in [0.2, 0.25) is 0 Å². The van der Waals surface area contributed by atoms with Crippen molar-refractivity contribution in [1.82, 2.24) is 10.2 Å². The number of benzene rings is 1. The predicted molar refractivity (Wildman–Crippen MR) is 78.2 cm³/mol. The minimum Gasteiger partial charge on any atom is -0.455 e. The molecule has 6 heteroatoms. The quantitative estimate of drug-likeness (QED) is 0.850. The number of rotatable bonds is 3. The maximum absolute atomic E-state index is 11.9.